The number of amides is 1. The van der Waals surface area contributed by atoms with Crippen LogP contribution in [0.3, 0.4) is 0 Å². The summed E-state index contributed by atoms with van der Waals surface area (Å²) in [6.07, 6.45) is 13.1. The molecule has 3 heterocycles. The first kappa shape index (κ1) is 16.4. The van der Waals surface area contributed by atoms with E-state index in [1.807, 2.05) is 15.7 Å². The van der Waals surface area contributed by atoms with Gasteiger partial charge in [0.05, 0.1) is 12.0 Å². The molecule has 7 heteroatoms. The normalized spacial score (nSPS) is 17.8. The maximum Gasteiger partial charge on any atom is 0.222 e. The molecule has 0 radical (unpaired) electrons. The lowest BCUT2D eigenvalue weighted by Gasteiger charge is -2.33. The van der Waals surface area contributed by atoms with Crippen molar-refractivity contribution >= 4 is 11.7 Å². The molecule has 7 nitrogen and oxygen atoms in total. The molecule has 1 fully saturated rings. The third kappa shape index (κ3) is 4.31. The van der Waals surface area contributed by atoms with Crippen molar-refractivity contribution in [2.45, 2.75) is 38.6 Å². The number of nitrogens with two attached hydrogens (primary N) is 1. The van der Waals surface area contributed by atoms with Gasteiger partial charge in [-0.25, -0.2) is 9.97 Å². The third-order valence-electron chi connectivity index (χ3n) is 4.53. The van der Waals surface area contributed by atoms with Crippen molar-refractivity contribution in [2.75, 3.05) is 18.8 Å². The number of carbonyl (C=O) groups is 1. The number of nitrogen functional groups attached to an aromatic ring is 1. The van der Waals surface area contributed by atoms with Crippen molar-refractivity contribution in [1.82, 2.24) is 24.4 Å². The number of aryl methyl sites for hydroxylation is 1. The summed E-state index contributed by atoms with van der Waals surface area (Å²) in [5.41, 5.74) is 6.73. The van der Waals surface area contributed by atoms with Gasteiger partial charge >= 0.3 is 0 Å². The molecule has 3 rings (SSSR count). The quantitative estimate of drug-likeness (QED) is 0.868. The zero-order chi connectivity index (χ0) is 16.8. The first-order valence-electron chi connectivity index (χ1n) is 8.51. The van der Waals surface area contributed by atoms with E-state index in [1.54, 1.807) is 24.9 Å². The van der Waals surface area contributed by atoms with Gasteiger partial charge in [0, 0.05) is 50.8 Å². The highest BCUT2D eigenvalue weighted by Crippen LogP contribution is 2.22. The van der Waals surface area contributed by atoms with E-state index in [2.05, 4.69) is 15.0 Å². The average molecular weight is 328 g/mol. The molecular formula is C17H24N6O. The van der Waals surface area contributed by atoms with Gasteiger partial charge in [-0.3, -0.25) is 9.78 Å². The van der Waals surface area contributed by atoms with Gasteiger partial charge in [-0.2, -0.15) is 0 Å². The van der Waals surface area contributed by atoms with E-state index in [0.29, 0.717) is 18.2 Å². The highest BCUT2D eigenvalue weighted by molar-refractivity contribution is 5.76. The second kappa shape index (κ2) is 7.90. The topological polar surface area (TPSA) is 89.9 Å². The largest absolute Gasteiger partial charge is 0.382 e. The fourth-order valence-electron chi connectivity index (χ4n) is 3.26. The van der Waals surface area contributed by atoms with Gasteiger partial charge in [0.1, 0.15) is 5.82 Å². The zero-order valence-electron chi connectivity index (χ0n) is 13.8. The van der Waals surface area contributed by atoms with Crippen LogP contribution in [0.1, 0.15) is 31.4 Å². The first-order chi connectivity index (χ1) is 11.7. The first-order valence-corrected chi connectivity index (χ1v) is 8.51. The molecule has 2 N–H and O–H groups in total. The molecule has 0 aromatic carbocycles. The maximum atomic E-state index is 12.4. The fourth-order valence-corrected chi connectivity index (χ4v) is 3.26. The Bertz CT molecular complexity index is 657. The van der Waals surface area contributed by atoms with Crippen molar-refractivity contribution in [3.8, 4) is 0 Å². The molecule has 1 atom stereocenters. The predicted molar refractivity (Wildman–Crippen MR) is 90.9 cm³/mol. The molecule has 2 aromatic rings. The van der Waals surface area contributed by atoms with Gasteiger partial charge in [-0.05, 0) is 31.6 Å². The lowest BCUT2D eigenvalue weighted by Crippen LogP contribution is -2.40. The van der Waals surface area contributed by atoms with Gasteiger partial charge in [-0.15, -0.1) is 0 Å². The van der Waals surface area contributed by atoms with Crippen LogP contribution in [0.5, 0.6) is 0 Å². The van der Waals surface area contributed by atoms with Gasteiger partial charge in [0.15, 0.2) is 0 Å². The van der Waals surface area contributed by atoms with Crippen molar-refractivity contribution in [3.63, 3.8) is 0 Å². The number of aromatic nitrogens is 4. The van der Waals surface area contributed by atoms with Crippen LogP contribution >= 0.6 is 0 Å². The minimum atomic E-state index is 0.243. The van der Waals surface area contributed by atoms with Gasteiger partial charge in [-0.1, -0.05) is 0 Å². The Labute approximate surface area is 141 Å². The molecule has 1 saturated heterocycles. The lowest BCUT2D eigenvalue weighted by molar-refractivity contribution is -0.133. The molecule has 1 unspecified atom stereocenters. The molecule has 1 aliphatic heterocycles. The van der Waals surface area contributed by atoms with Gasteiger partial charge < -0.3 is 15.2 Å². The smallest absolute Gasteiger partial charge is 0.222 e. The maximum absolute atomic E-state index is 12.4. The van der Waals surface area contributed by atoms with Crippen LogP contribution in [0.25, 0.3) is 0 Å². The highest BCUT2D eigenvalue weighted by Gasteiger charge is 2.24. The molecule has 0 bridgehead atoms. The summed E-state index contributed by atoms with van der Waals surface area (Å²) in [5.74, 6) is 1.16. The van der Waals surface area contributed by atoms with E-state index >= 15 is 0 Å². The number of likely N-dealkylation sites (tertiary alicyclic amines) is 1. The lowest BCUT2D eigenvalue weighted by atomic mass is 9.93. The number of carbonyl (C=O) groups excluding carboxylic acids is 1. The molecule has 2 aromatic heterocycles. The Kier molecular flexibility index (Phi) is 5.40. The molecule has 0 aliphatic carbocycles. The average Bonchev–Trinajstić information content (AvgIpc) is 3.10. The molecule has 24 heavy (non-hydrogen) atoms. The second-order valence-electron chi connectivity index (χ2n) is 6.34. The Hall–Kier alpha value is -2.44. The van der Waals surface area contributed by atoms with E-state index < -0.39 is 0 Å². The zero-order valence-corrected chi connectivity index (χ0v) is 13.8. The summed E-state index contributed by atoms with van der Waals surface area (Å²) in [5, 5.41) is 0. The van der Waals surface area contributed by atoms with Crippen LogP contribution in [-0.4, -0.2) is 43.4 Å². The van der Waals surface area contributed by atoms with Crippen LogP contribution in [-0.2, 0) is 17.8 Å². The fraction of sp³-hybridized carbons (Fsp3) is 0.529. The SMILES string of the molecule is Nc1nccnc1CC1CCCN(C(=O)CCCn2ccnc2)C1. The molecule has 0 saturated carbocycles. The molecule has 1 amide bonds. The minimum absolute atomic E-state index is 0.243. The Morgan fingerprint density at radius 2 is 2.17 bits per heavy atom. The monoisotopic (exact) mass is 328 g/mol. The number of hydrogen-bond donors (Lipinski definition) is 1. The van der Waals surface area contributed by atoms with Crippen molar-refractivity contribution in [3.05, 3.63) is 36.8 Å². The number of rotatable bonds is 6. The number of imidazole rings is 1. The van der Waals surface area contributed by atoms with Crippen LogP contribution < -0.4 is 5.73 Å². The second-order valence-corrected chi connectivity index (χ2v) is 6.34. The minimum Gasteiger partial charge on any atom is -0.382 e. The van der Waals surface area contributed by atoms with Crippen LogP contribution in [0.2, 0.25) is 0 Å². The van der Waals surface area contributed by atoms with E-state index in [4.69, 9.17) is 5.73 Å². The third-order valence-corrected chi connectivity index (χ3v) is 4.53. The van der Waals surface area contributed by atoms with E-state index in [9.17, 15) is 4.79 Å². The number of piperidine rings is 1. The van der Waals surface area contributed by atoms with E-state index in [-0.39, 0.29) is 5.91 Å². The Balaban J connectivity index is 1.47. The van der Waals surface area contributed by atoms with E-state index in [0.717, 1.165) is 51.0 Å². The van der Waals surface area contributed by atoms with Crippen molar-refractivity contribution in [1.29, 1.82) is 0 Å². The van der Waals surface area contributed by atoms with Crippen LogP contribution in [0, 0.1) is 5.92 Å². The summed E-state index contributed by atoms with van der Waals surface area (Å²) >= 11 is 0. The van der Waals surface area contributed by atoms with Crippen molar-refractivity contribution in [2.24, 2.45) is 5.92 Å². The number of nitrogens with zero attached hydrogens (tertiary/aromatic N) is 5. The van der Waals surface area contributed by atoms with Gasteiger partial charge in [0.2, 0.25) is 5.91 Å². The summed E-state index contributed by atoms with van der Waals surface area (Å²) in [6, 6.07) is 0. The molecule has 1 aliphatic rings. The molecule has 128 valence electrons. The summed E-state index contributed by atoms with van der Waals surface area (Å²) in [4.78, 5) is 26.9. The number of hydrogen-bond acceptors (Lipinski definition) is 5. The summed E-state index contributed by atoms with van der Waals surface area (Å²) in [6.45, 7) is 2.48. The van der Waals surface area contributed by atoms with E-state index in [1.165, 1.54) is 0 Å². The Morgan fingerprint density at radius 3 is 2.96 bits per heavy atom. The van der Waals surface area contributed by atoms with Crippen molar-refractivity contribution < 1.29 is 4.79 Å². The van der Waals surface area contributed by atoms with Crippen LogP contribution in [0.15, 0.2) is 31.1 Å². The molecular weight excluding hydrogens is 304 g/mol. The highest BCUT2D eigenvalue weighted by atomic mass is 16.2. The predicted octanol–water partition coefficient (Wildman–Crippen LogP) is 1.52. The number of anilines is 1. The summed E-state index contributed by atoms with van der Waals surface area (Å²) in [7, 11) is 0. The summed E-state index contributed by atoms with van der Waals surface area (Å²) < 4.78 is 2.00. The van der Waals surface area contributed by atoms with Crippen LogP contribution in [0.4, 0.5) is 5.82 Å². The van der Waals surface area contributed by atoms with Gasteiger partial charge in [0.25, 0.3) is 0 Å². The Morgan fingerprint density at radius 1 is 1.29 bits per heavy atom. The molecule has 0 spiro atoms. The standard InChI is InChI=1S/C17H24N6O/c18-17-15(20-5-6-21-17)11-14-3-1-9-23(12-14)16(24)4-2-8-22-10-7-19-13-22/h5-7,10,13-14H,1-4,8-9,11-12H2,(H2,18,21).